The summed E-state index contributed by atoms with van der Waals surface area (Å²) < 4.78 is 25.3. The highest BCUT2D eigenvalue weighted by Gasteiger charge is 2.32. The molecule has 128 valence electrons. The van der Waals surface area contributed by atoms with E-state index in [1.165, 1.54) is 15.4 Å². The van der Waals surface area contributed by atoms with E-state index in [9.17, 15) is 13.2 Å². The normalized spacial score (nSPS) is 16.9. The highest BCUT2D eigenvalue weighted by molar-refractivity contribution is 7.92. The highest BCUT2D eigenvalue weighted by atomic mass is 32.2. The number of hydrogen-bond donors (Lipinski definition) is 1. The smallest absolute Gasteiger partial charge is 0.251 e. The van der Waals surface area contributed by atoms with Crippen molar-refractivity contribution in [1.29, 1.82) is 0 Å². The summed E-state index contributed by atoms with van der Waals surface area (Å²) in [4.78, 5) is 13.5. The predicted molar refractivity (Wildman–Crippen MR) is 97.3 cm³/mol. The van der Waals surface area contributed by atoms with Crippen molar-refractivity contribution in [2.45, 2.75) is 25.8 Å². The van der Waals surface area contributed by atoms with E-state index in [4.69, 9.17) is 0 Å². The van der Waals surface area contributed by atoms with Crippen LogP contribution in [0.1, 0.15) is 27.7 Å². The van der Waals surface area contributed by atoms with Crippen molar-refractivity contribution in [3.63, 3.8) is 0 Å². The van der Waals surface area contributed by atoms with E-state index >= 15 is 0 Å². The van der Waals surface area contributed by atoms with Crippen molar-refractivity contribution in [2.75, 3.05) is 17.1 Å². The van der Waals surface area contributed by atoms with Crippen molar-refractivity contribution >= 4 is 33.0 Å². The van der Waals surface area contributed by atoms with E-state index in [2.05, 4.69) is 5.32 Å². The van der Waals surface area contributed by atoms with Gasteiger partial charge in [0.25, 0.3) is 5.91 Å². The maximum atomic E-state index is 12.3. The molecule has 0 fully saturated rings. The van der Waals surface area contributed by atoms with E-state index in [-0.39, 0.29) is 11.9 Å². The lowest BCUT2D eigenvalue weighted by molar-refractivity contribution is 0.0954. The van der Waals surface area contributed by atoms with Crippen LogP contribution in [0.3, 0.4) is 0 Å². The van der Waals surface area contributed by atoms with Crippen molar-refractivity contribution in [1.82, 2.24) is 5.32 Å². The number of nitrogens with one attached hydrogen (secondary N) is 1. The largest absolute Gasteiger partial charge is 0.352 e. The second-order valence-electron chi connectivity index (χ2n) is 6.04. The van der Waals surface area contributed by atoms with Gasteiger partial charge in [-0.3, -0.25) is 9.10 Å². The molecule has 0 unspecified atom stereocenters. The highest BCUT2D eigenvalue weighted by Crippen LogP contribution is 2.34. The number of sulfonamides is 1. The topological polar surface area (TPSA) is 66.5 Å². The fourth-order valence-corrected chi connectivity index (χ4v) is 5.08. The first-order valence-electron chi connectivity index (χ1n) is 7.79. The Hall–Kier alpha value is -1.86. The number of hydrogen-bond acceptors (Lipinski definition) is 4. The molecule has 3 rings (SSSR count). The lowest BCUT2D eigenvalue weighted by Crippen LogP contribution is -2.34. The summed E-state index contributed by atoms with van der Waals surface area (Å²) in [6.07, 6.45) is 2.65. The van der Waals surface area contributed by atoms with Crippen LogP contribution in [0.4, 0.5) is 5.69 Å². The molecule has 7 heteroatoms. The summed E-state index contributed by atoms with van der Waals surface area (Å²) in [6.45, 7) is 2.46. The zero-order chi connectivity index (χ0) is 17.3. The third kappa shape index (κ3) is 3.47. The van der Waals surface area contributed by atoms with Crippen LogP contribution in [0.5, 0.6) is 0 Å². The van der Waals surface area contributed by atoms with E-state index in [0.29, 0.717) is 24.2 Å². The fraction of sp³-hybridized carbons (Fsp3) is 0.353. The average molecular weight is 364 g/mol. The van der Waals surface area contributed by atoms with E-state index in [0.717, 1.165) is 12.0 Å². The van der Waals surface area contributed by atoms with Gasteiger partial charge in [0.05, 0.1) is 11.9 Å². The fourth-order valence-electron chi connectivity index (χ4n) is 3.11. The van der Waals surface area contributed by atoms with Crippen LogP contribution in [-0.2, 0) is 22.9 Å². The van der Waals surface area contributed by atoms with Gasteiger partial charge in [0.15, 0.2) is 0 Å². The third-order valence-electron chi connectivity index (χ3n) is 4.09. The quantitative estimate of drug-likeness (QED) is 0.886. The molecular formula is C17H20N2O3S2. The van der Waals surface area contributed by atoms with Crippen molar-refractivity contribution in [3.05, 3.63) is 51.7 Å². The Balaban J connectivity index is 1.70. The first-order chi connectivity index (χ1) is 11.4. The molecule has 0 saturated heterocycles. The summed E-state index contributed by atoms with van der Waals surface area (Å²) in [7, 11) is -3.30. The van der Waals surface area contributed by atoms with Crippen molar-refractivity contribution in [2.24, 2.45) is 0 Å². The number of anilines is 1. The van der Waals surface area contributed by atoms with Crippen LogP contribution in [0.15, 0.2) is 35.7 Å². The van der Waals surface area contributed by atoms with Gasteiger partial charge in [-0.25, -0.2) is 8.42 Å². The van der Waals surface area contributed by atoms with Crippen LogP contribution in [0, 0.1) is 0 Å². The van der Waals surface area contributed by atoms with Crippen molar-refractivity contribution < 1.29 is 13.2 Å². The van der Waals surface area contributed by atoms with Gasteiger partial charge in [-0.1, -0.05) is 6.07 Å². The SMILES string of the molecule is C[C@@H]1Cc2cc(C(=O)NCCc3cccs3)ccc2N1S(C)(=O)=O. The molecule has 0 aliphatic carbocycles. The molecule has 0 saturated carbocycles. The van der Waals surface area contributed by atoms with Gasteiger partial charge in [0.1, 0.15) is 0 Å². The first kappa shape index (κ1) is 17.0. The molecule has 2 aromatic rings. The maximum Gasteiger partial charge on any atom is 0.251 e. The zero-order valence-electron chi connectivity index (χ0n) is 13.7. The van der Waals surface area contributed by atoms with Crippen LogP contribution in [0.2, 0.25) is 0 Å². The molecule has 1 aromatic heterocycles. The molecule has 2 heterocycles. The molecule has 0 radical (unpaired) electrons. The molecule has 1 aromatic carbocycles. The lowest BCUT2D eigenvalue weighted by Gasteiger charge is -2.21. The second kappa shape index (κ2) is 6.57. The minimum Gasteiger partial charge on any atom is -0.352 e. The number of rotatable bonds is 5. The summed E-state index contributed by atoms with van der Waals surface area (Å²) >= 11 is 1.68. The molecule has 1 aliphatic rings. The molecule has 1 aliphatic heterocycles. The van der Waals surface area contributed by atoms with Gasteiger partial charge < -0.3 is 5.32 Å². The molecule has 1 N–H and O–H groups in total. The van der Waals surface area contributed by atoms with E-state index in [1.807, 2.05) is 24.4 Å². The Labute approximate surface area is 146 Å². The Morgan fingerprint density at radius 2 is 2.17 bits per heavy atom. The number of amides is 1. The third-order valence-corrected chi connectivity index (χ3v) is 6.30. The van der Waals surface area contributed by atoms with Gasteiger partial charge in [-0.2, -0.15) is 0 Å². The molecule has 5 nitrogen and oxygen atoms in total. The molecular weight excluding hydrogens is 344 g/mol. The zero-order valence-corrected chi connectivity index (χ0v) is 15.3. The molecule has 1 atom stereocenters. The van der Waals surface area contributed by atoms with Crippen LogP contribution < -0.4 is 9.62 Å². The Kier molecular flexibility index (Phi) is 4.64. The molecule has 0 bridgehead atoms. The Morgan fingerprint density at radius 1 is 1.38 bits per heavy atom. The number of thiophene rings is 1. The standard InChI is InChI=1S/C17H20N2O3S2/c1-12-10-14-11-13(5-6-16(14)19(12)24(2,21)22)17(20)18-8-7-15-4-3-9-23-15/h3-6,9,11-12H,7-8,10H2,1-2H3,(H,18,20)/t12-/m1/s1. The molecule has 24 heavy (non-hydrogen) atoms. The Morgan fingerprint density at radius 3 is 2.83 bits per heavy atom. The second-order valence-corrected chi connectivity index (χ2v) is 8.93. The van der Waals surface area contributed by atoms with Gasteiger partial charge in [0.2, 0.25) is 10.0 Å². The number of carbonyl (C=O) groups is 1. The summed E-state index contributed by atoms with van der Waals surface area (Å²) in [6, 6.07) is 9.15. The van der Waals surface area contributed by atoms with Gasteiger partial charge in [-0.05, 0) is 55.0 Å². The van der Waals surface area contributed by atoms with E-state index < -0.39 is 10.0 Å². The number of nitrogens with zero attached hydrogens (tertiary/aromatic N) is 1. The van der Waals surface area contributed by atoms with Gasteiger partial charge in [-0.15, -0.1) is 11.3 Å². The minimum atomic E-state index is -3.30. The van der Waals surface area contributed by atoms with Gasteiger partial charge >= 0.3 is 0 Å². The maximum absolute atomic E-state index is 12.3. The first-order valence-corrected chi connectivity index (χ1v) is 10.5. The van der Waals surface area contributed by atoms with Crippen LogP contribution in [-0.4, -0.2) is 33.2 Å². The summed E-state index contributed by atoms with van der Waals surface area (Å²) in [5.74, 6) is -0.125. The van der Waals surface area contributed by atoms with Crippen molar-refractivity contribution in [3.8, 4) is 0 Å². The predicted octanol–water partition coefficient (Wildman–Crippen LogP) is 2.43. The lowest BCUT2D eigenvalue weighted by atomic mass is 10.1. The molecule has 1 amide bonds. The summed E-state index contributed by atoms with van der Waals surface area (Å²) in [5, 5.41) is 4.94. The average Bonchev–Trinajstić information content (AvgIpc) is 3.11. The van der Waals surface area contributed by atoms with Gasteiger partial charge in [0, 0.05) is 23.0 Å². The van der Waals surface area contributed by atoms with Crippen LogP contribution in [0.25, 0.3) is 0 Å². The minimum absolute atomic E-state index is 0.118. The number of carbonyl (C=O) groups excluding carboxylic acids is 1. The van der Waals surface area contributed by atoms with E-state index in [1.54, 1.807) is 29.5 Å². The number of benzene rings is 1. The monoisotopic (exact) mass is 364 g/mol. The molecule has 0 spiro atoms. The van der Waals surface area contributed by atoms with Crippen LogP contribution >= 0.6 is 11.3 Å². The number of fused-ring (bicyclic) bond motifs is 1. The summed E-state index contributed by atoms with van der Waals surface area (Å²) in [5.41, 5.74) is 2.15. The Bertz CT molecular complexity index is 845.